The van der Waals surface area contributed by atoms with Gasteiger partial charge in [0, 0.05) is 30.7 Å². The van der Waals surface area contributed by atoms with Gasteiger partial charge in [-0.1, -0.05) is 18.2 Å². The van der Waals surface area contributed by atoms with E-state index in [-0.39, 0.29) is 29.3 Å². The molecule has 0 fully saturated rings. The van der Waals surface area contributed by atoms with Gasteiger partial charge in [0.15, 0.2) is 5.65 Å². The molecular formula is C19H13F3N6O3. The van der Waals surface area contributed by atoms with Crippen LogP contribution in [-0.2, 0) is 6.54 Å². The standard InChI is InChI=1S/C19H13F3N6O3/c20-19(21,22)31-14-5-2-1-4-12(14)10-25-16(29)13-6-7-15-26-28(18(30)27(15)11-13)17-23-8-3-9-24-17/h1-9,11H,10H2,(H,25,29). The molecule has 3 heterocycles. The van der Waals surface area contributed by atoms with Crippen LogP contribution in [0.15, 0.2) is 65.8 Å². The number of aromatic nitrogens is 5. The van der Waals surface area contributed by atoms with Crippen molar-refractivity contribution in [2.45, 2.75) is 12.9 Å². The van der Waals surface area contributed by atoms with Gasteiger partial charge in [-0.25, -0.2) is 19.2 Å². The maximum absolute atomic E-state index is 12.6. The Labute approximate surface area is 171 Å². The number of pyridine rings is 1. The van der Waals surface area contributed by atoms with E-state index in [4.69, 9.17) is 0 Å². The van der Waals surface area contributed by atoms with Crippen molar-refractivity contribution >= 4 is 11.6 Å². The van der Waals surface area contributed by atoms with Crippen molar-refractivity contribution in [1.29, 1.82) is 0 Å². The number of rotatable bonds is 5. The summed E-state index contributed by atoms with van der Waals surface area (Å²) < 4.78 is 43.7. The predicted molar refractivity (Wildman–Crippen MR) is 101 cm³/mol. The van der Waals surface area contributed by atoms with Gasteiger partial charge in [-0.05, 0) is 24.3 Å². The number of benzene rings is 1. The summed E-state index contributed by atoms with van der Waals surface area (Å²) in [5.41, 5.74) is -0.0736. The van der Waals surface area contributed by atoms with E-state index < -0.39 is 23.7 Å². The van der Waals surface area contributed by atoms with Crippen molar-refractivity contribution in [3.05, 3.63) is 82.7 Å². The molecule has 3 aromatic heterocycles. The van der Waals surface area contributed by atoms with Crippen LogP contribution in [0.25, 0.3) is 11.6 Å². The maximum Gasteiger partial charge on any atom is 0.573 e. The average Bonchev–Trinajstić information content (AvgIpc) is 3.08. The summed E-state index contributed by atoms with van der Waals surface area (Å²) in [7, 11) is 0. The second-order valence-electron chi connectivity index (χ2n) is 6.23. The van der Waals surface area contributed by atoms with Crippen LogP contribution in [0.2, 0.25) is 0 Å². The zero-order valence-corrected chi connectivity index (χ0v) is 15.6. The number of hydrogen-bond donors (Lipinski definition) is 1. The molecule has 0 aliphatic heterocycles. The fourth-order valence-corrected chi connectivity index (χ4v) is 2.79. The Bertz CT molecular complexity index is 1300. The molecule has 0 unspecified atom stereocenters. The number of ether oxygens (including phenoxy) is 1. The Morgan fingerprint density at radius 3 is 2.55 bits per heavy atom. The third-order valence-corrected chi connectivity index (χ3v) is 4.16. The number of nitrogens with one attached hydrogen (secondary N) is 1. The Morgan fingerprint density at radius 2 is 1.81 bits per heavy atom. The minimum Gasteiger partial charge on any atom is -0.405 e. The van der Waals surface area contributed by atoms with Gasteiger partial charge in [-0.2, -0.15) is 0 Å². The maximum atomic E-state index is 12.6. The van der Waals surface area contributed by atoms with Crippen molar-refractivity contribution in [3.63, 3.8) is 0 Å². The number of para-hydroxylation sites is 1. The fraction of sp³-hybridized carbons (Fsp3) is 0.105. The third kappa shape index (κ3) is 4.37. The van der Waals surface area contributed by atoms with Gasteiger partial charge in [0.2, 0.25) is 0 Å². The van der Waals surface area contributed by atoms with Gasteiger partial charge in [0.25, 0.3) is 11.9 Å². The van der Waals surface area contributed by atoms with E-state index in [1.54, 1.807) is 6.07 Å². The average molecular weight is 430 g/mol. The molecule has 9 nitrogen and oxygen atoms in total. The number of alkyl halides is 3. The second kappa shape index (κ2) is 7.89. The normalized spacial score (nSPS) is 11.5. The van der Waals surface area contributed by atoms with E-state index in [1.807, 2.05) is 0 Å². The Morgan fingerprint density at radius 1 is 1.06 bits per heavy atom. The zero-order chi connectivity index (χ0) is 22.0. The summed E-state index contributed by atoms with van der Waals surface area (Å²) in [5.74, 6) is -0.936. The summed E-state index contributed by atoms with van der Waals surface area (Å²) in [4.78, 5) is 33.0. The van der Waals surface area contributed by atoms with Gasteiger partial charge in [-0.15, -0.1) is 23.0 Å². The number of fused-ring (bicyclic) bond motifs is 1. The molecule has 31 heavy (non-hydrogen) atoms. The van der Waals surface area contributed by atoms with Gasteiger partial charge < -0.3 is 10.1 Å². The first kappa shape index (κ1) is 20.1. The largest absolute Gasteiger partial charge is 0.573 e. The predicted octanol–water partition coefficient (Wildman–Crippen LogP) is 2.10. The minimum atomic E-state index is -4.85. The van der Waals surface area contributed by atoms with E-state index in [1.165, 1.54) is 48.9 Å². The molecule has 0 atom stereocenters. The summed E-state index contributed by atoms with van der Waals surface area (Å²) in [6.07, 6.45) is -0.664. The quantitative estimate of drug-likeness (QED) is 0.520. The summed E-state index contributed by atoms with van der Waals surface area (Å²) >= 11 is 0. The fourth-order valence-electron chi connectivity index (χ4n) is 2.79. The first-order chi connectivity index (χ1) is 14.8. The van der Waals surface area contributed by atoms with E-state index in [0.29, 0.717) is 0 Å². The van der Waals surface area contributed by atoms with Crippen LogP contribution in [0.1, 0.15) is 15.9 Å². The topological polar surface area (TPSA) is 103 Å². The highest BCUT2D eigenvalue weighted by Crippen LogP contribution is 2.26. The number of carbonyl (C=O) groups excluding carboxylic acids is 1. The molecule has 0 aliphatic carbocycles. The zero-order valence-electron chi connectivity index (χ0n) is 15.6. The van der Waals surface area contributed by atoms with Crippen LogP contribution in [0.5, 0.6) is 5.75 Å². The summed E-state index contributed by atoms with van der Waals surface area (Å²) in [6.45, 7) is -0.213. The van der Waals surface area contributed by atoms with E-state index in [9.17, 15) is 22.8 Å². The van der Waals surface area contributed by atoms with Crippen molar-refractivity contribution in [1.82, 2.24) is 29.5 Å². The van der Waals surface area contributed by atoms with Crippen LogP contribution in [0.3, 0.4) is 0 Å². The smallest absolute Gasteiger partial charge is 0.405 e. The molecule has 4 rings (SSSR count). The number of nitrogens with zero attached hydrogens (tertiary/aromatic N) is 5. The van der Waals surface area contributed by atoms with Crippen LogP contribution < -0.4 is 15.7 Å². The van der Waals surface area contributed by atoms with Gasteiger partial charge in [0.05, 0.1) is 5.56 Å². The highest BCUT2D eigenvalue weighted by molar-refractivity contribution is 5.94. The van der Waals surface area contributed by atoms with Gasteiger partial charge >= 0.3 is 12.1 Å². The van der Waals surface area contributed by atoms with Crippen molar-refractivity contribution in [2.24, 2.45) is 0 Å². The monoisotopic (exact) mass is 430 g/mol. The molecule has 1 aromatic carbocycles. The lowest BCUT2D eigenvalue weighted by Gasteiger charge is -2.13. The van der Waals surface area contributed by atoms with Crippen LogP contribution in [0.4, 0.5) is 13.2 Å². The lowest BCUT2D eigenvalue weighted by molar-refractivity contribution is -0.274. The number of carbonyl (C=O) groups is 1. The molecule has 158 valence electrons. The summed E-state index contributed by atoms with van der Waals surface area (Å²) in [6, 6.07) is 9.95. The molecule has 1 amide bonds. The Hall–Kier alpha value is -4.22. The molecule has 0 saturated heterocycles. The summed E-state index contributed by atoms with van der Waals surface area (Å²) in [5, 5.41) is 6.62. The minimum absolute atomic E-state index is 0.0727. The molecular weight excluding hydrogens is 417 g/mol. The molecule has 12 heteroatoms. The van der Waals surface area contributed by atoms with Gasteiger partial charge in [0.1, 0.15) is 5.75 Å². The van der Waals surface area contributed by atoms with E-state index in [2.05, 4.69) is 25.1 Å². The molecule has 1 N–H and O–H groups in total. The highest BCUT2D eigenvalue weighted by Gasteiger charge is 2.32. The lowest BCUT2D eigenvalue weighted by Crippen LogP contribution is -2.25. The first-order valence-corrected chi connectivity index (χ1v) is 8.82. The van der Waals surface area contributed by atoms with Gasteiger partial charge in [-0.3, -0.25) is 4.79 Å². The lowest BCUT2D eigenvalue weighted by atomic mass is 10.2. The Kier molecular flexibility index (Phi) is 5.11. The molecule has 0 saturated carbocycles. The molecule has 0 aliphatic rings. The molecule has 0 bridgehead atoms. The Balaban J connectivity index is 1.56. The van der Waals surface area contributed by atoms with E-state index >= 15 is 0 Å². The highest BCUT2D eigenvalue weighted by atomic mass is 19.4. The van der Waals surface area contributed by atoms with Crippen LogP contribution in [0, 0.1) is 0 Å². The SMILES string of the molecule is O=C(NCc1ccccc1OC(F)(F)F)c1ccc2nn(-c3ncccn3)c(=O)n2c1. The molecule has 0 spiro atoms. The first-order valence-electron chi connectivity index (χ1n) is 8.82. The van der Waals surface area contributed by atoms with Crippen molar-refractivity contribution in [3.8, 4) is 11.7 Å². The van der Waals surface area contributed by atoms with Crippen LogP contribution >= 0.6 is 0 Å². The molecule has 0 radical (unpaired) electrons. The van der Waals surface area contributed by atoms with E-state index in [0.717, 1.165) is 15.1 Å². The number of halogens is 3. The van der Waals surface area contributed by atoms with Crippen molar-refractivity contribution in [2.75, 3.05) is 0 Å². The van der Waals surface area contributed by atoms with Crippen molar-refractivity contribution < 1.29 is 22.7 Å². The van der Waals surface area contributed by atoms with Crippen LogP contribution in [-0.4, -0.2) is 36.4 Å². The second-order valence-corrected chi connectivity index (χ2v) is 6.23. The number of amides is 1. The molecule has 4 aromatic rings. The number of hydrogen-bond acceptors (Lipinski definition) is 6. The third-order valence-electron chi connectivity index (χ3n) is 4.16.